The molecule has 302 valence electrons. The van der Waals surface area contributed by atoms with Gasteiger partial charge in [-0.05, 0) is 128 Å². The van der Waals surface area contributed by atoms with Gasteiger partial charge in [-0.25, -0.2) is 4.79 Å². The zero-order valence-electron chi connectivity index (χ0n) is 34.2. The molecule has 52 heavy (non-hydrogen) atoms. The van der Waals surface area contributed by atoms with Crippen LogP contribution in [0.15, 0.2) is 12.7 Å². The maximum Gasteiger partial charge on any atom is 0.330 e. The van der Waals surface area contributed by atoms with Gasteiger partial charge in [-0.1, -0.05) is 71.3 Å². The van der Waals surface area contributed by atoms with E-state index in [1.807, 2.05) is 0 Å². The maximum atomic E-state index is 12.7. The minimum absolute atomic E-state index is 0.00413. The highest BCUT2D eigenvalue weighted by Gasteiger charge is 2.32. The number of rotatable bonds is 29. The summed E-state index contributed by atoms with van der Waals surface area (Å²) in [5, 5.41) is 0. The second-order valence-electron chi connectivity index (χ2n) is 17.1. The number of hydrogen-bond acceptors (Lipinski definition) is 8. The van der Waals surface area contributed by atoms with Crippen molar-refractivity contribution in [3.63, 3.8) is 0 Å². The fourth-order valence-corrected chi connectivity index (χ4v) is 16.8. The lowest BCUT2D eigenvalue weighted by atomic mass is 9.83. The summed E-state index contributed by atoms with van der Waals surface area (Å²) in [6.07, 6.45) is 25.2. The molecule has 0 spiro atoms. The molecule has 0 radical (unpaired) electrons. The van der Waals surface area contributed by atoms with E-state index in [1.165, 1.54) is 69.9 Å². The zero-order valence-corrected chi connectivity index (χ0v) is 36.2. The number of esters is 3. The van der Waals surface area contributed by atoms with Crippen molar-refractivity contribution in [1.82, 2.24) is 0 Å². The van der Waals surface area contributed by atoms with Crippen molar-refractivity contribution in [1.29, 1.82) is 0 Å². The van der Waals surface area contributed by atoms with Gasteiger partial charge in [0.25, 0.3) is 0 Å². The molecule has 0 aromatic carbocycles. The summed E-state index contributed by atoms with van der Waals surface area (Å²) < 4.78 is 29.1. The van der Waals surface area contributed by atoms with Gasteiger partial charge in [-0.15, -0.1) is 0 Å². The van der Waals surface area contributed by atoms with Gasteiger partial charge in [0.2, 0.25) is 0 Å². The quantitative estimate of drug-likeness (QED) is 0.0244. The molecule has 0 amide bonds. The summed E-state index contributed by atoms with van der Waals surface area (Å²) in [4.78, 5) is 35.9. The van der Waals surface area contributed by atoms with Crippen LogP contribution in [0, 0.1) is 17.8 Å². The van der Waals surface area contributed by atoms with Gasteiger partial charge in [0.15, 0.2) is 16.6 Å². The molecule has 2 aliphatic carbocycles. The Hall–Kier alpha value is -1.50. The molecule has 2 saturated carbocycles. The van der Waals surface area contributed by atoms with Crippen LogP contribution in [-0.2, 0) is 37.4 Å². The Morgan fingerprint density at radius 2 is 0.923 bits per heavy atom. The minimum Gasteiger partial charge on any atom is -0.465 e. The van der Waals surface area contributed by atoms with E-state index < -0.39 is 16.6 Å². The monoisotopic (exact) mass is 767 g/mol. The van der Waals surface area contributed by atoms with Crippen molar-refractivity contribution < 1.29 is 37.4 Å². The van der Waals surface area contributed by atoms with E-state index in [9.17, 15) is 14.4 Å². The average Bonchev–Trinajstić information content (AvgIpc) is 3.11. The Balaban J connectivity index is 1.39. The first kappa shape index (κ1) is 46.7. The zero-order chi connectivity index (χ0) is 38.1. The molecular weight excluding hydrogens is 689 g/mol. The van der Waals surface area contributed by atoms with Crippen molar-refractivity contribution in [2.24, 2.45) is 17.8 Å². The Bertz CT molecular complexity index is 986. The number of unbranched alkanes of at least 4 members (excludes halogenated alkanes) is 11. The standard InChI is InChI=1S/C42H78O8Si2/c1-7-40(43)47-31-18-15-17-30-46-39-28-26-38(27-29-39)42(45)49-33-19-21-35-52(5,6)50-51(3,4)34-20-14-12-10-8-9-11-13-16-32-48-41(44)37-24-22-36(2)23-25-37/h7,36-39H,1,8-35H2,2-6H3. The van der Waals surface area contributed by atoms with Gasteiger partial charge in [0.05, 0.1) is 37.8 Å². The molecule has 0 aromatic rings. The second-order valence-corrected chi connectivity index (χ2v) is 25.9. The molecule has 0 unspecified atom stereocenters. The minimum atomic E-state index is -1.74. The van der Waals surface area contributed by atoms with Crippen LogP contribution in [0.2, 0.25) is 38.3 Å². The van der Waals surface area contributed by atoms with E-state index in [0.29, 0.717) is 26.4 Å². The van der Waals surface area contributed by atoms with Gasteiger partial charge in [0.1, 0.15) is 0 Å². The number of hydrogen-bond donors (Lipinski definition) is 0. The van der Waals surface area contributed by atoms with E-state index in [1.54, 1.807) is 0 Å². The largest absolute Gasteiger partial charge is 0.465 e. The van der Waals surface area contributed by atoms with Crippen molar-refractivity contribution in [3.05, 3.63) is 12.7 Å². The predicted octanol–water partition coefficient (Wildman–Crippen LogP) is 11.1. The summed E-state index contributed by atoms with van der Waals surface area (Å²) in [6.45, 7) is 17.4. The fourth-order valence-electron chi connectivity index (χ4n) is 7.80. The lowest BCUT2D eigenvalue weighted by molar-refractivity contribution is -0.151. The van der Waals surface area contributed by atoms with Crippen LogP contribution < -0.4 is 0 Å². The third-order valence-corrected chi connectivity index (χ3v) is 18.6. The molecule has 0 atom stereocenters. The Morgan fingerprint density at radius 1 is 0.538 bits per heavy atom. The first-order valence-electron chi connectivity index (χ1n) is 21.3. The van der Waals surface area contributed by atoms with Crippen molar-refractivity contribution in [2.75, 3.05) is 26.4 Å². The molecule has 0 aromatic heterocycles. The van der Waals surface area contributed by atoms with E-state index in [-0.39, 0.29) is 35.8 Å². The topological polar surface area (TPSA) is 97.4 Å². The molecule has 0 heterocycles. The molecular formula is C42H78O8Si2. The number of ether oxygens (including phenoxy) is 4. The van der Waals surface area contributed by atoms with Crippen LogP contribution in [0.5, 0.6) is 0 Å². The number of carbonyl (C=O) groups is 3. The maximum absolute atomic E-state index is 12.7. The highest BCUT2D eigenvalue weighted by Crippen LogP contribution is 2.30. The number of carbonyl (C=O) groups excluding carboxylic acids is 3. The Labute approximate surface area is 320 Å². The van der Waals surface area contributed by atoms with Crippen LogP contribution >= 0.6 is 0 Å². The summed E-state index contributed by atoms with van der Waals surface area (Å²) in [6, 6.07) is 2.35. The summed E-state index contributed by atoms with van der Waals surface area (Å²) in [5.41, 5.74) is 0. The molecule has 2 aliphatic rings. The first-order valence-corrected chi connectivity index (χ1v) is 27.6. The van der Waals surface area contributed by atoms with E-state index in [0.717, 1.165) is 95.4 Å². The summed E-state index contributed by atoms with van der Waals surface area (Å²) in [5.74, 6) is 0.572. The Morgan fingerprint density at radius 3 is 1.44 bits per heavy atom. The van der Waals surface area contributed by atoms with Crippen LogP contribution in [0.1, 0.15) is 148 Å². The SMILES string of the molecule is C=CC(=O)OCCCCCOC1CCC(C(=O)OCCCC[Si](C)(C)O[Si](C)(C)CCCCCCCCCCCOC(=O)C2CCC(C)CC2)CC1. The molecule has 0 aliphatic heterocycles. The fraction of sp³-hybridized carbons (Fsp3) is 0.881. The van der Waals surface area contributed by atoms with Gasteiger partial charge in [0, 0.05) is 12.7 Å². The second kappa shape index (κ2) is 27.1. The van der Waals surface area contributed by atoms with Gasteiger partial charge >= 0.3 is 17.9 Å². The molecule has 0 saturated heterocycles. The van der Waals surface area contributed by atoms with Crippen molar-refractivity contribution in [2.45, 2.75) is 193 Å². The van der Waals surface area contributed by atoms with Crippen molar-refractivity contribution in [3.8, 4) is 0 Å². The van der Waals surface area contributed by atoms with Crippen LogP contribution in [-0.4, -0.2) is 67.1 Å². The van der Waals surface area contributed by atoms with E-state index in [4.69, 9.17) is 23.1 Å². The molecule has 8 nitrogen and oxygen atoms in total. The lowest BCUT2D eigenvalue weighted by Gasteiger charge is -2.34. The van der Waals surface area contributed by atoms with Gasteiger partial charge < -0.3 is 23.1 Å². The summed E-state index contributed by atoms with van der Waals surface area (Å²) >= 11 is 0. The average molecular weight is 767 g/mol. The smallest absolute Gasteiger partial charge is 0.330 e. The predicted molar refractivity (Wildman–Crippen MR) is 216 cm³/mol. The third-order valence-electron chi connectivity index (χ3n) is 11.0. The normalized spacial score (nSPS) is 21.0. The van der Waals surface area contributed by atoms with E-state index >= 15 is 0 Å². The van der Waals surface area contributed by atoms with Gasteiger partial charge in [-0.2, -0.15) is 0 Å². The van der Waals surface area contributed by atoms with Crippen molar-refractivity contribution >= 4 is 34.5 Å². The van der Waals surface area contributed by atoms with Crippen LogP contribution in [0.4, 0.5) is 0 Å². The van der Waals surface area contributed by atoms with E-state index in [2.05, 4.69) is 39.7 Å². The lowest BCUT2D eigenvalue weighted by Crippen LogP contribution is -2.44. The molecule has 0 bridgehead atoms. The summed E-state index contributed by atoms with van der Waals surface area (Å²) in [7, 11) is -3.43. The third kappa shape index (κ3) is 22.7. The highest BCUT2D eigenvalue weighted by molar-refractivity contribution is 6.84. The van der Waals surface area contributed by atoms with Gasteiger partial charge in [-0.3, -0.25) is 9.59 Å². The van der Waals surface area contributed by atoms with Crippen LogP contribution in [0.3, 0.4) is 0 Å². The molecule has 10 heteroatoms. The molecule has 2 rings (SSSR count). The first-order chi connectivity index (χ1) is 24.9. The molecule has 0 N–H and O–H groups in total. The highest BCUT2D eigenvalue weighted by atomic mass is 28.4. The van der Waals surface area contributed by atoms with Crippen LogP contribution in [0.25, 0.3) is 0 Å². The Kier molecular flexibility index (Phi) is 24.4. The molecule has 2 fully saturated rings.